The van der Waals surface area contributed by atoms with Gasteiger partial charge in [0.15, 0.2) is 5.66 Å². The third-order valence-corrected chi connectivity index (χ3v) is 2.61. The number of nitrogens with two attached hydrogens (primary N) is 1. The summed E-state index contributed by atoms with van der Waals surface area (Å²) < 4.78 is 0. The maximum absolute atomic E-state index is 5.62. The van der Waals surface area contributed by atoms with Crippen LogP contribution in [0.15, 0.2) is 10.2 Å². The number of halogens is 1. The highest BCUT2D eigenvalue weighted by atomic mass is 35.5. The molecule has 0 aromatic carbocycles. The summed E-state index contributed by atoms with van der Waals surface area (Å²) in [4.78, 5) is 0. The topological polar surface area (TPSA) is 50.7 Å². The summed E-state index contributed by atoms with van der Waals surface area (Å²) in [5.74, 6) is 2.66. The first-order chi connectivity index (χ1) is 5.24. The second-order valence-corrected chi connectivity index (χ2v) is 3.62. The van der Waals surface area contributed by atoms with Gasteiger partial charge in [0, 0.05) is 24.7 Å². The van der Waals surface area contributed by atoms with E-state index in [1.807, 2.05) is 0 Å². The Hall–Kier alpha value is -0.590. The van der Waals surface area contributed by atoms with Gasteiger partial charge in [-0.15, -0.1) is 24.8 Å². The van der Waals surface area contributed by atoms with E-state index in [0.29, 0.717) is 6.54 Å². The Morgan fingerprint density at radius 1 is 1.42 bits per heavy atom. The molecule has 1 aliphatic heterocycles. The molecule has 0 aromatic rings. The van der Waals surface area contributed by atoms with Crippen LogP contribution in [0.5, 0.6) is 0 Å². The minimum absolute atomic E-state index is 0. The average molecular weight is 186 g/mol. The van der Waals surface area contributed by atoms with Crippen LogP contribution in [0.2, 0.25) is 0 Å². The molecule has 0 saturated heterocycles. The fourth-order valence-electron chi connectivity index (χ4n) is 1.92. The SMILES string of the molecule is C#CCC1(CN)CC2(C1)N=N2.Cl. The number of hydrogen-bond donors (Lipinski definition) is 1. The van der Waals surface area contributed by atoms with Crippen molar-refractivity contribution in [1.82, 2.24) is 0 Å². The Balaban J connectivity index is 0.000000720. The van der Waals surface area contributed by atoms with Crippen LogP contribution in [0.3, 0.4) is 0 Å². The summed E-state index contributed by atoms with van der Waals surface area (Å²) in [5, 5.41) is 7.93. The molecule has 0 amide bonds. The molecule has 3 nitrogen and oxygen atoms in total. The minimum Gasteiger partial charge on any atom is -0.330 e. The van der Waals surface area contributed by atoms with E-state index in [1.165, 1.54) is 0 Å². The van der Waals surface area contributed by atoms with Crippen molar-refractivity contribution in [3.05, 3.63) is 0 Å². The maximum Gasteiger partial charge on any atom is 0.192 e. The van der Waals surface area contributed by atoms with Gasteiger partial charge in [0.1, 0.15) is 0 Å². The van der Waals surface area contributed by atoms with Gasteiger partial charge in [0.25, 0.3) is 0 Å². The molecule has 0 radical (unpaired) electrons. The van der Waals surface area contributed by atoms with Crippen LogP contribution in [0.25, 0.3) is 0 Å². The van der Waals surface area contributed by atoms with E-state index in [1.54, 1.807) is 0 Å². The lowest BCUT2D eigenvalue weighted by Gasteiger charge is -2.43. The van der Waals surface area contributed by atoms with Crippen molar-refractivity contribution in [3.8, 4) is 12.3 Å². The zero-order valence-electron chi connectivity index (χ0n) is 6.79. The predicted molar refractivity (Wildman–Crippen MR) is 49.0 cm³/mol. The van der Waals surface area contributed by atoms with E-state index in [0.717, 1.165) is 19.3 Å². The van der Waals surface area contributed by atoms with Crippen molar-refractivity contribution in [2.75, 3.05) is 6.54 Å². The Kier molecular flexibility index (Phi) is 2.15. The Morgan fingerprint density at radius 3 is 2.33 bits per heavy atom. The fourth-order valence-corrected chi connectivity index (χ4v) is 1.92. The zero-order chi connectivity index (χ0) is 7.95. The first kappa shape index (κ1) is 9.50. The highest BCUT2D eigenvalue weighted by Crippen LogP contribution is 2.58. The molecule has 12 heavy (non-hydrogen) atoms. The third-order valence-electron chi connectivity index (χ3n) is 2.61. The second-order valence-electron chi connectivity index (χ2n) is 3.62. The maximum atomic E-state index is 5.62. The van der Waals surface area contributed by atoms with Gasteiger partial charge in [-0.1, -0.05) is 0 Å². The minimum atomic E-state index is -0.0176. The van der Waals surface area contributed by atoms with E-state index in [-0.39, 0.29) is 23.5 Å². The lowest BCUT2D eigenvalue weighted by atomic mass is 9.61. The molecule has 66 valence electrons. The van der Waals surface area contributed by atoms with Crippen LogP contribution < -0.4 is 5.73 Å². The molecule has 4 heteroatoms. The van der Waals surface area contributed by atoms with Gasteiger partial charge < -0.3 is 5.73 Å². The summed E-state index contributed by atoms with van der Waals surface area (Å²) in [6.07, 6.45) is 7.96. The first-order valence-electron chi connectivity index (χ1n) is 3.82. The molecule has 0 aromatic heterocycles. The Bertz CT molecular complexity index is 240. The van der Waals surface area contributed by atoms with Crippen LogP contribution in [-0.4, -0.2) is 12.2 Å². The molecule has 1 heterocycles. The molecule has 0 unspecified atom stereocenters. The summed E-state index contributed by atoms with van der Waals surface area (Å²) >= 11 is 0. The lowest BCUT2D eigenvalue weighted by Crippen LogP contribution is -2.48. The number of rotatable bonds is 2. The highest BCUT2D eigenvalue weighted by molar-refractivity contribution is 5.85. The van der Waals surface area contributed by atoms with Crippen molar-refractivity contribution < 1.29 is 0 Å². The smallest absolute Gasteiger partial charge is 0.192 e. The second kappa shape index (κ2) is 2.72. The molecule has 1 aliphatic carbocycles. The van der Waals surface area contributed by atoms with Gasteiger partial charge in [0.2, 0.25) is 0 Å². The molecule has 2 rings (SSSR count). The van der Waals surface area contributed by atoms with Crippen molar-refractivity contribution in [1.29, 1.82) is 0 Å². The van der Waals surface area contributed by atoms with Crippen LogP contribution >= 0.6 is 12.4 Å². The van der Waals surface area contributed by atoms with Gasteiger partial charge in [-0.2, -0.15) is 10.2 Å². The molecule has 1 saturated carbocycles. The monoisotopic (exact) mass is 185 g/mol. The van der Waals surface area contributed by atoms with Crippen LogP contribution in [0.1, 0.15) is 19.3 Å². The first-order valence-corrected chi connectivity index (χ1v) is 3.82. The van der Waals surface area contributed by atoms with Crippen molar-refractivity contribution in [2.24, 2.45) is 21.4 Å². The van der Waals surface area contributed by atoms with Crippen molar-refractivity contribution in [3.63, 3.8) is 0 Å². The van der Waals surface area contributed by atoms with Gasteiger partial charge >= 0.3 is 0 Å². The molecule has 2 aliphatic rings. The third kappa shape index (κ3) is 1.21. The summed E-state index contributed by atoms with van der Waals surface area (Å²) in [7, 11) is 0. The summed E-state index contributed by atoms with van der Waals surface area (Å²) in [6.45, 7) is 0.671. The number of hydrogen-bond acceptors (Lipinski definition) is 3. The van der Waals surface area contributed by atoms with Crippen LogP contribution in [0, 0.1) is 17.8 Å². The molecule has 0 bridgehead atoms. The highest BCUT2D eigenvalue weighted by Gasteiger charge is 2.60. The zero-order valence-corrected chi connectivity index (χ0v) is 7.60. The largest absolute Gasteiger partial charge is 0.330 e. The molecular weight excluding hydrogens is 174 g/mol. The van der Waals surface area contributed by atoms with Crippen LogP contribution in [-0.2, 0) is 0 Å². The Labute approximate surface area is 78.2 Å². The van der Waals surface area contributed by atoms with E-state index >= 15 is 0 Å². The van der Waals surface area contributed by atoms with Gasteiger partial charge in [-0.25, -0.2) is 0 Å². The van der Waals surface area contributed by atoms with E-state index in [4.69, 9.17) is 12.2 Å². The standard InChI is InChI=1S/C8H11N3.ClH/c1-2-3-7(6-9)4-8(5-7)10-11-8;/h1H,3-6,9H2;1H. The fraction of sp³-hybridized carbons (Fsp3) is 0.750. The van der Waals surface area contributed by atoms with E-state index < -0.39 is 0 Å². The predicted octanol–water partition coefficient (Wildman–Crippen LogP) is 1.33. The lowest BCUT2D eigenvalue weighted by molar-refractivity contribution is 0.0913. The van der Waals surface area contributed by atoms with Crippen molar-refractivity contribution in [2.45, 2.75) is 24.9 Å². The normalized spacial score (nSPS) is 25.3. The van der Waals surface area contributed by atoms with Gasteiger partial charge in [-0.3, -0.25) is 0 Å². The summed E-state index contributed by atoms with van der Waals surface area (Å²) in [5.41, 5.74) is 5.77. The number of terminal acetylenes is 1. The average Bonchev–Trinajstić information content (AvgIpc) is 2.67. The quantitative estimate of drug-likeness (QED) is 0.649. The summed E-state index contributed by atoms with van der Waals surface area (Å²) in [6, 6.07) is 0. The number of nitrogens with zero attached hydrogens (tertiary/aromatic N) is 2. The molecule has 0 atom stereocenters. The van der Waals surface area contributed by atoms with Gasteiger partial charge in [0.05, 0.1) is 0 Å². The van der Waals surface area contributed by atoms with Gasteiger partial charge in [-0.05, 0) is 6.54 Å². The van der Waals surface area contributed by atoms with Crippen molar-refractivity contribution >= 4 is 12.4 Å². The Morgan fingerprint density at radius 2 is 2.00 bits per heavy atom. The van der Waals surface area contributed by atoms with E-state index in [2.05, 4.69) is 16.1 Å². The van der Waals surface area contributed by atoms with E-state index in [9.17, 15) is 0 Å². The van der Waals surface area contributed by atoms with Crippen LogP contribution in [0.4, 0.5) is 0 Å². The molecule has 1 spiro atoms. The molecule has 1 fully saturated rings. The molecule has 2 N–H and O–H groups in total. The molecular formula is C8H12ClN3.